The maximum absolute atomic E-state index is 9.23. The van der Waals surface area contributed by atoms with Gasteiger partial charge in [-0.1, -0.05) is 0 Å². The zero-order chi connectivity index (χ0) is 11.3. The molecular formula is C10H16O6. The molecule has 3 rings (SSSR count). The molecule has 0 radical (unpaired) electrons. The van der Waals surface area contributed by atoms with Gasteiger partial charge in [0.15, 0.2) is 18.9 Å². The van der Waals surface area contributed by atoms with Crippen LogP contribution in [0.4, 0.5) is 0 Å². The molecule has 0 aromatic rings. The summed E-state index contributed by atoms with van der Waals surface area (Å²) < 4.78 is 27.8. The van der Waals surface area contributed by atoms with E-state index in [-0.39, 0.29) is 43.6 Å². The number of aliphatic hydroxyl groups is 1. The quantitative estimate of drug-likeness (QED) is 0.663. The topological polar surface area (TPSA) is 66.4 Å². The molecule has 3 aliphatic rings. The summed E-state index contributed by atoms with van der Waals surface area (Å²) in [6, 6.07) is 0. The molecule has 0 bridgehead atoms. The van der Waals surface area contributed by atoms with E-state index in [0.717, 1.165) is 0 Å². The van der Waals surface area contributed by atoms with Crippen LogP contribution in [0.3, 0.4) is 0 Å². The van der Waals surface area contributed by atoms with Gasteiger partial charge in [-0.2, -0.15) is 0 Å². The lowest BCUT2D eigenvalue weighted by Crippen LogP contribution is -2.52. The SMILES string of the molecule is CC1OC2OC3C(CO)OC(C)OC3C2O1. The fourth-order valence-corrected chi connectivity index (χ4v) is 2.52. The van der Waals surface area contributed by atoms with Gasteiger partial charge in [0.05, 0.1) is 6.61 Å². The molecule has 3 heterocycles. The Morgan fingerprint density at radius 3 is 2.25 bits per heavy atom. The number of fused-ring (bicyclic) bond motifs is 3. The molecule has 0 aromatic carbocycles. The zero-order valence-corrected chi connectivity index (χ0v) is 9.24. The summed E-state index contributed by atoms with van der Waals surface area (Å²) in [7, 11) is 0. The minimum absolute atomic E-state index is 0.0934. The number of hydrogen-bond acceptors (Lipinski definition) is 6. The molecule has 0 aliphatic carbocycles. The van der Waals surface area contributed by atoms with E-state index in [0.29, 0.717) is 0 Å². The predicted octanol–water partition coefficient (Wildman–Crippen LogP) is -0.405. The van der Waals surface area contributed by atoms with Crippen LogP contribution in [0, 0.1) is 0 Å². The predicted molar refractivity (Wildman–Crippen MR) is 50.4 cm³/mol. The van der Waals surface area contributed by atoms with E-state index < -0.39 is 6.29 Å². The van der Waals surface area contributed by atoms with Crippen molar-refractivity contribution in [3.63, 3.8) is 0 Å². The second-order valence-electron chi connectivity index (χ2n) is 4.30. The van der Waals surface area contributed by atoms with E-state index in [1.165, 1.54) is 0 Å². The highest BCUT2D eigenvalue weighted by molar-refractivity contribution is 4.97. The average molecular weight is 232 g/mol. The van der Waals surface area contributed by atoms with Crippen LogP contribution in [0.5, 0.6) is 0 Å². The molecule has 7 atom stereocenters. The Labute approximate surface area is 93.4 Å². The first-order valence-corrected chi connectivity index (χ1v) is 5.57. The van der Waals surface area contributed by atoms with Crippen LogP contribution in [-0.2, 0) is 23.7 Å². The Bertz CT molecular complexity index is 272. The lowest BCUT2D eigenvalue weighted by molar-refractivity contribution is -0.294. The molecule has 6 heteroatoms. The van der Waals surface area contributed by atoms with Crippen LogP contribution >= 0.6 is 0 Å². The second kappa shape index (κ2) is 3.90. The molecule has 16 heavy (non-hydrogen) atoms. The molecule has 0 amide bonds. The first-order valence-electron chi connectivity index (χ1n) is 5.57. The Morgan fingerprint density at radius 1 is 0.812 bits per heavy atom. The lowest BCUT2D eigenvalue weighted by Gasteiger charge is -2.36. The van der Waals surface area contributed by atoms with Crippen molar-refractivity contribution in [1.29, 1.82) is 0 Å². The highest BCUT2D eigenvalue weighted by Gasteiger charge is 2.57. The summed E-state index contributed by atoms with van der Waals surface area (Å²) in [6.45, 7) is 3.53. The van der Waals surface area contributed by atoms with Gasteiger partial charge in [0.25, 0.3) is 0 Å². The Balaban J connectivity index is 1.78. The highest BCUT2D eigenvalue weighted by atomic mass is 16.8. The first-order chi connectivity index (χ1) is 7.69. The lowest BCUT2D eigenvalue weighted by atomic mass is 10.0. The highest BCUT2D eigenvalue weighted by Crippen LogP contribution is 2.38. The molecule has 1 N–H and O–H groups in total. The van der Waals surface area contributed by atoms with Crippen LogP contribution in [0.15, 0.2) is 0 Å². The van der Waals surface area contributed by atoms with Crippen molar-refractivity contribution in [2.75, 3.05) is 6.61 Å². The van der Waals surface area contributed by atoms with Crippen molar-refractivity contribution in [3.05, 3.63) is 0 Å². The molecule has 0 aromatic heterocycles. The number of aliphatic hydroxyl groups excluding tert-OH is 1. The van der Waals surface area contributed by atoms with E-state index in [2.05, 4.69) is 0 Å². The van der Waals surface area contributed by atoms with Gasteiger partial charge >= 0.3 is 0 Å². The molecule has 3 saturated heterocycles. The first kappa shape index (κ1) is 10.9. The fourth-order valence-electron chi connectivity index (χ4n) is 2.52. The van der Waals surface area contributed by atoms with Crippen molar-refractivity contribution >= 4 is 0 Å². The van der Waals surface area contributed by atoms with E-state index in [9.17, 15) is 5.11 Å². The summed E-state index contributed by atoms with van der Waals surface area (Å²) >= 11 is 0. The van der Waals surface area contributed by atoms with Crippen LogP contribution < -0.4 is 0 Å². The molecule has 92 valence electrons. The van der Waals surface area contributed by atoms with Crippen LogP contribution in [0.25, 0.3) is 0 Å². The standard InChI is InChI=1S/C10H16O6/c1-4-12-6(3-11)7-8(13-4)9-10(16-7)15-5(2)14-9/h4-11H,3H2,1-2H3. The third kappa shape index (κ3) is 1.57. The largest absolute Gasteiger partial charge is 0.394 e. The van der Waals surface area contributed by atoms with Gasteiger partial charge in [-0.15, -0.1) is 0 Å². The van der Waals surface area contributed by atoms with E-state index in [1.807, 2.05) is 6.92 Å². The van der Waals surface area contributed by atoms with Gasteiger partial charge < -0.3 is 28.8 Å². The third-order valence-corrected chi connectivity index (χ3v) is 3.14. The van der Waals surface area contributed by atoms with E-state index in [4.69, 9.17) is 23.7 Å². The van der Waals surface area contributed by atoms with Gasteiger partial charge in [0.2, 0.25) is 0 Å². The van der Waals surface area contributed by atoms with Crippen molar-refractivity contribution < 1.29 is 28.8 Å². The van der Waals surface area contributed by atoms with Crippen molar-refractivity contribution in [2.24, 2.45) is 0 Å². The summed E-state index contributed by atoms with van der Waals surface area (Å²) in [4.78, 5) is 0. The maximum Gasteiger partial charge on any atom is 0.190 e. The molecular weight excluding hydrogens is 216 g/mol. The van der Waals surface area contributed by atoms with Gasteiger partial charge in [-0.05, 0) is 13.8 Å². The zero-order valence-electron chi connectivity index (χ0n) is 9.24. The van der Waals surface area contributed by atoms with Gasteiger partial charge in [0, 0.05) is 0 Å². The summed E-state index contributed by atoms with van der Waals surface area (Å²) in [5, 5.41) is 9.23. The average Bonchev–Trinajstić information content (AvgIpc) is 2.74. The summed E-state index contributed by atoms with van der Waals surface area (Å²) in [6.07, 6.45) is -2.18. The molecule has 3 fully saturated rings. The van der Waals surface area contributed by atoms with Gasteiger partial charge in [-0.25, -0.2) is 0 Å². The van der Waals surface area contributed by atoms with Gasteiger partial charge in [-0.3, -0.25) is 0 Å². The van der Waals surface area contributed by atoms with Crippen LogP contribution in [0.2, 0.25) is 0 Å². The Morgan fingerprint density at radius 2 is 1.50 bits per heavy atom. The third-order valence-electron chi connectivity index (χ3n) is 3.14. The minimum Gasteiger partial charge on any atom is -0.394 e. The summed E-state index contributed by atoms with van der Waals surface area (Å²) in [5.41, 5.74) is 0. The Kier molecular flexibility index (Phi) is 2.66. The minimum atomic E-state index is -0.409. The summed E-state index contributed by atoms with van der Waals surface area (Å²) in [5.74, 6) is 0. The molecule has 0 saturated carbocycles. The number of rotatable bonds is 1. The molecule has 0 spiro atoms. The van der Waals surface area contributed by atoms with Crippen molar-refractivity contribution in [3.8, 4) is 0 Å². The number of ether oxygens (including phenoxy) is 5. The molecule has 3 aliphatic heterocycles. The fraction of sp³-hybridized carbons (Fsp3) is 1.00. The number of hydrogen-bond donors (Lipinski definition) is 1. The monoisotopic (exact) mass is 232 g/mol. The smallest absolute Gasteiger partial charge is 0.190 e. The van der Waals surface area contributed by atoms with Crippen LogP contribution in [0.1, 0.15) is 13.8 Å². The van der Waals surface area contributed by atoms with Crippen LogP contribution in [-0.4, -0.2) is 55.0 Å². The van der Waals surface area contributed by atoms with Gasteiger partial charge in [0.1, 0.15) is 24.4 Å². The van der Waals surface area contributed by atoms with E-state index in [1.54, 1.807) is 6.92 Å². The Hall–Kier alpha value is -0.240. The van der Waals surface area contributed by atoms with E-state index >= 15 is 0 Å². The molecule has 6 nitrogen and oxygen atoms in total. The molecule has 7 unspecified atom stereocenters. The van der Waals surface area contributed by atoms with Crippen molar-refractivity contribution in [1.82, 2.24) is 0 Å². The maximum atomic E-state index is 9.23. The second-order valence-corrected chi connectivity index (χ2v) is 4.30. The van der Waals surface area contributed by atoms with Crippen molar-refractivity contribution in [2.45, 2.75) is 57.1 Å². The normalized spacial score (nSPS) is 56.1.